The molecule has 0 aliphatic carbocycles. The van der Waals surface area contributed by atoms with Gasteiger partial charge < -0.3 is 5.73 Å². The minimum atomic E-state index is -0.00845. The standard InChI is InChI=1S/C12H15BrClNS2/c1-7-12(17-6-5-16-7)11(15)10-8(13)3-2-4-9(10)14/h2-4,7,11-12H,5-6,15H2,1H3. The molecule has 1 aromatic rings. The summed E-state index contributed by atoms with van der Waals surface area (Å²) >= 11 is 13.8. The van der Waals surface area contributed by atoms with Crippen molar-refractivity contribution in [2.45, 2.75) is 23.5 Å². The average molecular weight is 353 g/mol. The summed E-state index contributed by atoms with van der Waals surface area (Å²) in [5.74, 6) is 2.40. The molecule has 1 fully saturated rings. The van der Waals surface area contributed by atoms with E-state index in [2.05, 4.69) is 22.9 Å². The van der Waals surface area contributed by atoms with Gasteiger partial charge in [0.15, 0.2) is 0 Å². The van der Waals surface area contributed by atoms with Crippen molar-refractivity contribution in [2.75, 3.05) is 11.5 Å². The number of hydrogen-bond donors (Lipinski definition) is 1. The van der Waals surface area contributed by atoms with Crippen LogP contribution in [0.15, 0.2) is 22.7 Å². The van der Waals surface area contributed by atoms with Gasteiger partial charge in [0.1, 0.15) is 0 Å². The predicted molar refractivity (Wildman–Crippen MR) is 84.2 cm³/mol. The van der Waals surface area contributed by atoms with E-state index in [0.717, 1.165) is 15.1 Å². The van der Waals surface area contributed by atoms with Gasteiger partial charge in [-0.2, -0.15) is 23.5 Å². The third-order valence-corrected chi connectivity index (χ3v) is 7.16. The first kappa shape index (κ1) is 14.1. The van der Waals surface area contributed by atoms with Crippen LogP contribution < -0.4 is 5.73 Å². The summed E-state index contributed by atoms with van der Waals surface area (Å²) in [7, 11) is 0. The molecule has 17 heavy (non-hydrogen) atoms. The van der Waals surface area contributed by atoms with Gasteiger partial charge in [0, 0.05) is 43.1 Å². The van der Waals surface area contributed by atoms with Crippen LogP contribution in [0.25, 0.3) is 0 Å². The molecule has 3 unspecified atom stereocenters. The largest absolute Gasteiger partial charge is 0.323 e. The molecular weight excluding hydrogens is 338 g/mol. The molecule has 0 aromatic heterocycles. The van der Waals surface area contributed by atoms with E-state index in [1.54, 1.807) is 0 Å². The fourth-order valence-corrected chi connectivity index (χ4v) is 5.94. The third-order valence-electron chi connectivity index (χ3n) is 2.92. The molecule has 0 bridgehead atoms. The van der Waals surface area contributed by atoms with Crippen molar-refractivity contribution in [3.8, 4) is 0 Å². The minimum Gasteiger partial charge on any atom is -0.323 e. The zero-order chi connectivity index (χ0) is 12.4. The predicted octanol–water partition coefficient (Wildman–Crippen LogP) is 4.34. The molecule has 1 aliphatic heterocycles. The Morgan fingerprint density at radius 3 is 2.76 bits per heavy atom. The highest BCUT2D eigenvalue weighted by atomic mass is 79.9. The van der Waals surface area contributed by atoms with E-state index in [0.29, 0.717) is 10.5 Å². The van der Waals surface area contributed by atoms with E-state index < -0.39 is 0 Å². The Balaban J connectivity index is 2.26. The number of thioether (sulfide) groups is 2. The quantitative estimate of drug-likeness (QED) is 0.857. The molecule has 0 saturated carbocycles. The Labute approximate surface area is 124 Å². The van der Waals surface area contributed by atoms with Gasteiger partial charge in [-0.3, -0.25) is 0 Å². The van der Waals surface area contributed by atoms with Gasteiger partial charge in [-0.25, -0.2) is 0 Å². The van der Waals surface area contributed by atoms with Crippen molar-refractivity contribution in [3.63, 3.8) is 0 Å². The summed E-state index contributed by atoms with van der Waals surface area (Å²) in [6, 6.07) is 5.85. The van der Waals surface area contributed by atoms with Crippen LogP contribution >= 0.6 is 51.1 Å². The van der Waals surface area contributed by atoms with E-state index in [9.17, 15) is 0 Å². The summed E-state index contributed by atoms with van der Waals surface area (Å²) in [4.78, 5) is 0. The van der Waals surface area contributed by atoms with Crippen LogP contribution in [0.1, 0.15) is 18.5 Å². The molecule has 5 heteroatoms. The molecule has 1 saturated heterocycles. The van der Waals surface area contributed by atoms with Crippen molar-refractivity contribution in [1.82, 2.24) is 0 Å². The molecule has 94 valence electrons. The van der Waals surface area contributed by atoms with E-state index >= 15 is 0 Å². The van der Waals surface area contributed by atoms with Gasteiger partial charge in [-0.15, -0.1) is 0 Å². The van der Waals surface area contributed by atoms with Gasteiger partial charge in [0.05, 0.1) is 0 Å². The smallest absolute Gasteiger partial charge is 0.0465 e. The Bertz CT molecular complexity index is 382. The minimum absolute atomic E-state index is 0.00845. The number of halogens is 2. The number of benzene rings is 1. The molecule has 1 nitrogen and oxygen atoms in total. The first-order chi connectivity index (χ1) is 8.11. The second-order valence-electron chi connectivity index (χ2n) is 4.07. The molecule has 2 rings (SSSR count). The van der Waals surface area contributed by atoms with E-state index in [1.807, 2.05) is 41.7 Å². The number of nitrogens with two attached hydrogens (primary N) is 1. The van der Waals surface area contributed by atoms with Crippen LogP contribution in [0.4, 0.5) is 0 Å². The van der Waals surface area contributed by atoms with Crippen molar-refractivity contribution in [1.29, 1.82) is 0 Å². The lowest BCUT2D eigenvalue weighted by atomic mass is 10.0. The first-order valence-electron chi connectivity index (χ1n) is 5.54. The fraction of sp³-hybridized carbons (Fsp3) is 0.500. The zero-order valence-corrected chi connectivity index (χ0v) is 13.5. The normalized spacial score (nSPS) is 26.8. The lowest BCUT2D eigenvalue weighted by Crippen LogP contribution is -2.34. The summed E-state index contributed by atoms with van der Waals surface area (Å²) in [5, 5.41) is 1.77. The van der Waals surface area contributed by atoms with Gasteiger partial charge >= 0.3 is 0 Å². The SMILES string of the molecule is CC1SCCSC1C(N)c1c(Cl)cccc1Br. The Morgan fingerprint density at radius 1 is 1.41 bits per heavy atom. The van der Waals surface area contributed by atoms with Crippen LogP contribution in [-0.2, 0) is 0 Å². The summed E-state index contributed by atoms with van der Waals surface area (Å²) in [5.41, 5.74) is 7.46. The lowest BCUT2D eigenvalue weighted by molar-refractivity contribution is 0.661. The fourth-order valence-electron chi connectivity index (χ4n) is 2.04. The van der Waals surface area contributed by atoms with Gasteiger partial charge in [0.2, 0.25) is 0 Å². The molecule has 1 aliphatic rings. The highest BCUT2D eigenvalue weighted by Crippen LogP contribution is 2.41. The van der Waals surface area contributed by atoms with Gasteiger partial charge in [-0.1, -0.05) is 40.5 Å². The molecular formula is C12H15BrClNS2. The monoisotopic (exact) mass is 351 g/mol. The lowest BCUT2D eigenvalue weighted by Gasteiger charge is -2.33. The Morgan fingerprint density at radius 2 is 2.12 bits per heavy atom. The highest BCUT2D eigenvalue weighted by molar-refractivity contribution is 9.10. The van der Waals surface area contributed by atoms with Crippen molar-refractivity contribution in [2.24, 2.45) is 5.73 Å². The molecule has 0 amide bonds. The van der Waals surface area contributed by atoms with Gasteiger partial charge in [-0.05, 0) is 12.1 Å². The Kier molecular flexibility index (Phi) is 5.13. The molecule has 1 heterocycles. The summed E-state index contributed by atoms with van der Waals surface area (Å²) in [6.07, 6.45) is 0. The van der Waals surface area contributed by atoms with E-state index in [-0.39, 0.29) is 6.04 Å². The third kappa shape index (κ3) is 3.16. The molecule has 0 spiro atoms. The highest BCUT2D eigenvalue weighted by Gasteiger charge is 2.31. The summed E-state index contributed by atoms with van der Waals surface area (Å²) < 4.78 is 1.01. The molecule has 1 aromatic carbocycles. The van der Waals surface area contributed by atoms with Crippen molar-refractivity contribution in [3.05, 3.63) is 33.3 Å². The number of rotatable bonds is 2. The number of hydrogen-bond acceptors (Lipinski definition) is 3. The van der Waals surface area contributed by atoms with E-state index in [1.165, 1.54) is 11.5 Å². The average Bonchev–Trinajstić information content (AvgIpc) is 2.29. The second kappa shape index (κ2) is 6.20. The maximum atomic E-state index is 6.41. The molecule has 0 radical (unpaired) electrons. The van der Waals surface area contributed by atoms with Crippen LogP contribution in [0.3, 0.4) is 0 Å². The topological polar surface area (TPSA) is 26.0 Å². The van der Waals surface area contributed by atoms with Crippen LogP contribution in [0, 0.1) is 0 Å². The Hall–Kier alpha value is 0.650. The van der Waals surface area contributed by atoms with Crippen LogP contribution in [-0.4, -0.2) is 22.0 Å². The zero-order valence-electron chi connectivity index (χ0n) is 9.53. The van der Waals surface area contributed by atoms with Crippen LogP contribution in [0.5, 0.6) is 0 Å². The van der Waals surface area contributed by atoms with Crippen LogP contribution in [0.2, 0.25) is 5.02 Å². The second-order valence-corrected chi connectivity index (χ2v) is 8.11. The van der Waals surface area contributed by atoms with E-state index in [4.69, 9.17) is 17.3 Å². The van der Waals surface area contributed by atoms with Gasteiger partial charge in [0.25, 0.3) is 0 Å². The maximum absolute atomic E-state index is 6.41. The summed E-state index contributed by atoms with van der Waals surface area (Å²) in [6.45, 7) is 2.26. The molecule has 2 N–H and O–H groups in total. The molecule has 3 atom stereocenters. The van der Waals surface area contributed by atoms with Crippen molar-refractivity contribution < 1.29 is 0 Å². The maximum Gasteiger partial charge on any atom is 0.0465 e. The van der Waals surface area contributed by atoms with Crippen molar-refractivity contribution >= 4 is 51.1 Å². The first-order valence-corrected chi connectivity index (χ1v) is 8.81.